The van der Waals surface area contributed by atoms with E-state index >= 15 is 0 Å². The summed E-state index contributed by atoms with van der Waals surface area (Å²) in [6.45, 7) is 3.96. The predicted molar refractivity (Wildman–Crippen MR) is 145 cm³/mol. The number of likely N-dealkylation sites (tertiary alicyclic amines) is 1. The molecule has 7 heteroatoms. The minimum Gasteiger partial charge on any atom is -0.306 e. The highest BCUT2D eigenvalue weighted by Crippen LogP contribution is 2.26. The molecule has 2 heterocycles. The maximum absolute atomic E-state index is 12.5. The van der Waals surface area contributed by atoms with Crippen molar-refractivity contribution >= 4 is 34.2 Å². The second-order valence-electron chi connectivity index (χ2n) is 9.23. The Hall–Kier alpha value is -2.57. The summed E-state index contributed by atoms with van der Waals surface area (Å²) in [5.74, 6) is 0. The molecule has 182 valence electrons. The van der Waals surface area contributed by atoms with Crippen molar-refractivity contribution in [1.82, 2.24) is 19.8 Å². The number of nitrogens with one attached hydrogen (secondary N) is 2. The van der Waals surface area contributed by atoms with Gasteiger partial charge in [0.2, 0.25) is 0 Å². The van der Waals surface area contributed by atoms with Crippen LogP contribution in [-0.4, -0.2) is 40.6 Å². The Morgan fingerprint density at radius 3 is 2.11 bits per heavy atom. The number of H-pyrrole nitrogens is 1. The van der Waals surface area contributed by atoms with E-state index in [-0.39, 0.29) is 17.8 Å². The summed E-state index contributed by atoms with van der Waals surface area (Å²) in [4.78, 5) is 18.0. The normalized spacial score (nSPS) is 15.3. The molecule has 4 aromatic rings. The number of aromatic amines is 1. The van der Waals surface area contributed by atoms with Gasteiger partial charge >= 0.3 is 5.69 Å². The summed E-state index contributed by atoms with van der Waals surface area (Å²) < 4.78 is 1.96. The van der Waals surface area contributed by atoms with Gasteiger partial charge in [0.05, 0.1) is 17.1 Å². The molecule has 0 atom stereocenters. The fourth-order valence-corrected chi connectivity index (χ4v) is 5.38. The van der Waals surface area contributed by atoms with Gasteiger partial charge in [-0.25, -0.2) is 4.79 Å². The van der Waals surface area contributed by atoms with Gasteiger partial charge in [0.25, 0.3) is 0 Å². The van der Waals surface area contributed by atoms with Gasteiger partial charge in [-0.3, -0.25) is 4.57 Å². The molecule has 0 unspecified atom stereocenters. The van der Waals surface area contributed by atoms with Gasteiger partial charge in [0.1, 0.15) is 0 Å². The van der Waals surface area contributed by atoms with Crippen molar-refractivity contribution in [3.8, 4) is 0 Å². The molecule has 1 saturated heterocycles. The van der Waals surface area contributed by atoms with Gasteiger partial charge in [-0.15, -0.1) is 0 Å². The van der Waals surface area contributed by atoms with Gasteiger partial charge in [0.15, 0.2) is 0 Å². The maximum Gasteiger partial charge on any atom is 0.326 e. The number of rotatable bonds is 8. The van der Waals surface area contributed by atoms with Crippen molar-refractivity contribution in [2.45, 2.75) is 31.3 Å². The third-order valence-electron chi connectivity index (χ3n) is 6.95. The maximum atomic E-state index is 12.5. The number of nitrogens with zero attached hydrogens (tertiary/aromatic N) is 2. The topological polar surface area (TPSA) is 53.1 Å². The molecule has 0 aliphatic carbocycles. The van der Waals surface area contributed by atoms with Crippen LogP contribution >= 0.6 is 23.2 Å². The Balaban J connectivity index is 1.15. The van der Waals surface area contributed by atoms with Gasteiger partial charge in [-0.2, -0.15) is 0 Å². The lowest BCUT2D eigenvalue weighted by molar-refractivity contribution is 0.184. The number of piperidine rings is 1. The number of imidazole rings is 1. The number of aromatic nitrogens is 2. The zero-order valence-electron chi connectivity index (χ0n) is 19.6. The first kappa shape index (κ1) is 24.1. The highest BCUT2D eigenvalue weighted by molar-refractivity contribution is 6.30. The van der Waals surface area contributed by atoms with Crippen LogP contribution in [0.4, 0.5) is 0 Å². The van der Waals surface area contributed by atoms with E-state index in [9.17, 15) is 4.79 Å². The molecule has 1 aliphatic heterocycles. The van der Waals surface area contributed by atoms with Gasteiger partial charge in [-0.1, -0.05) is 59.6 Å². The van der Waals surface area contributed by atoms with Crippen LogP contribution in [0.5, 0.6) is 0 Å². The summed E-state index contributed by atoms with van der Waals surface area (Å²) in [6.07, 6.45) is 3.04. The monoisotopic (exact) mass is 508 g/mol. The molecular formula is C28H30Cl2N4O. The quantitative estimate of drug-likeness (QED) is 0.285. The smallest absolute Gasteiger partial charge is 0.306 e. The molecule has 5 rings (SSSR count). The summed E-state index contributed by atoms with van der Waals surface area (Å²) >= 11 is 12.2. The Bertz CT molecular complexity index is 1260. The van der Waals surface area contributed by atoms with Crippen LogP contribution in [0.1, 0.15) is 42.5 Å². The average Bonchev–Trinajstić information content (AvgIpc) is 3.22. The van der Waals surface area contributed by atoms with Crippen molar-refractivity contribution in [3.05, 3.63) is 104 Å². The third-order valence-corrected chi connectivity index (χ3v) is 7.46. The lowest BCUT2D eigenvalue weighted by Gasteiger charge is -2.32. The van der Waals surface area contributed by atoms with Crippen LogP contribution < -0.4 is 11.0 Å². The van der Waals surface area contributed by atoms with E-state index in [2.05, 4.69) is 39.5 Å². The van der Waals surface area contributed by atoms with Crippen molar-refractivity contribution in [1.29, 1.82) is 0 Å². The molecule has 1 fully saturated rings. The number of hydrogen-bond donors (Lipinski definition) is 2. The van der Waals surface area contributed by atoms with E-state index in [0.717, 1.165) is 66.5 Å². The first-order valence-corrected chi connectivity index (χ1v) is 13.0. The van der Waals surface area contributed by atoms with E-state index in [1.807, 2.05) is 53.1 Å². The predicted octanol–water partition coefficient (Wildman–Crippen LogP) is 6.04. The Labute approximate surface area is 215 Å². The van der Waals surface area contributed by atoms with Crippen LogP contribution in [0.2, 0.25) is 10.0 Å². The zero-order valence-corrected chi connectivity index (χ0v) is 21.1. The molecule has 3 aromatic carbocycles. The standard InChI is InChI=1S/C28H30Cl2N4O/c29-22-10-6-20(7-11-22)27(21-8-12-23(30)13-9-21)31-16-3-17-33-18-14-24(15-19-33)34-26-5-2-1-4-25(26)32-28(34)35/h1-2,4-13,24,27,31H,3,14-19H2,(H,32,35). The number of para-hydroxylation sites is 2. The molecule has 0 spiro atoms. The molecule has 0 saturated carbocycles. The summed E-state index contributed by atoms with van der Waals surface area (Å²) in [7, 11) is 0. The Kier molecular flexibility index (Phi) is 7.59. The largest absolute Gasteiger partial charge is 0.326 e. The first-order valence-electron chi connectivity index (χ1n) is 12.2. The van der Waals surface area contributed by atoms with E-state index in [0.29, 0.717) is 0 Å². The Morgan fingerprint density at radius 1 is 0.886 bits per heavy atom. The van der Waals surface area contributed by atoms with Crippen LogP contribution in [0.15, 0.2) is 77.6 Å². The molecule has 5 nitrogen and oxygen atoms in total. The highest BCUT2D eigenvalue weighted by Gasteiger charge is 2.23. The van der Waals surface area contributed by atoms with E-state index in [1.165, 1.54) is 11.1 Å². The fourth-order valence-electron chi connectivity index (χ4n) is 5.13. The molecule has 1 aromatic heterocycles. The first-order chi connectivity index (χ1) is 17.1. The SMILES string of the molecule is O=c1[nH]c2ccccc2n1C1CCN(CCCNC(c2ccc(Cl)cc2)c2ccc(Cl)cc2)CC1. The fraction of sp³-hybridized carbons (Fsp3) is 0.321. The summed E-state index contributed by atoms with van der Waals surface area (Å²) in [5.41, 5.74) is 4.30. The lowest BCUT2D eigenvalue weighted by atomic mass is 9.98. The van der Waals surface area contributed by atoms with Crippen molar-refractivity contribution in [2.75, 3.05) is 26.2 Å². The molecule has 35 heavy (non-hydrogen) atoms. The van der Waals surface area contributed by atoms with Crippen LogP contribution in [-0.2, 0) is 0 Å². The second-order valence-corrected chi connectivity index (χ2v) is 10.1. The average molecular weight is 509 g/mol. The van der Waals surface area contributed by atoms with E-state index in [1.54, 1.807) is 0 Å². The highest BCUT2D eigenvalue weighted by atomic mass is 35.5. The van der Waals surface area contributed by atoms with Crippen molar-refractivity contribution in [2.24, 2.45) is 0 Å². The van der Waals surface area contributed by atoms with Gasteiger partial charge in [-0.05, 0) is 79.9 Å². The summed E-state index contributed by atoms with van der Waals surface area (Å²) in [5, 5.41) is 5.20. The number of fused-ring (bicyclic) bond motifs is 1. The van der Waals surface area contributed by atoms with Crippen molar-refractivity contribution < 1.29 is 0 Å². The van der Waals surface area contributed by atoms with E-state index in [4.69, 9.17) is 23.2 Å². The second kappa shape index (κ2) is 11.0. The number of halogens is 2. The molecule has 0 radical (unpaired) electrons. The van der Waals surface area contributed by atoms with Crippen LogP contribution in [0.25, 0.3) is 11.0 Å². The summed E-state index contributed by atoms with van der Waals surface area (Å²) in [6, 6.07) is 24.3. The number of hydrogen-bond acceptors (Lipinski definition) is 3. The third kappa shape index (κ3) is 5.65. The molecule has 1 aliphatic rings. The Morgan fingerprint density at radius 2 is 1.49 bits per heavy atom. The zero-order chi connectivity index (χ0) is 24.2. The van der Waals surface area contributed by atoms with Gasteiger partial charge in [0, 0.05) is 29.2 Å². The molecule has 0 amide bonds. The lowest BCUT2D eigenvalue weighted by Crippen LogP contribution is -2.38. The minimum absolute atomic E-state index is 0.00397. The molecule has 2 N–H and O–H groups in total. The number of benzene rings is 3. The van der Waals surface area contributed by atoms with Gasteiger partial charge < -0.3 is 15.2 Å². The van der Waals surface area contributed by atoms with E-state index < -0.39 is 0 Å². The molecule has 0 bridgehead atoms. The minimum atomic E-state index is 0.00397. The van der Waals surface area contributed by atoms with Crippen LogP contribution in [0, 0.1) is 0 Å². The molecular weight excluding hydrogens is 479 g/mol. The van der Waals surface area contributed by atoms with Crippen molar-refractivity contribution in [3.63, 3.8) is 0 Å². The van der Waals surface area contributed by atoms with Crippen LogP contribution in [0.3, 0.4) is 0 Å².